The smallest absolute Gasteiger partial charge is 0.272 e. The summed E-state index contributed by atoms with van der Waals surface area (Å²) in [5, 5.41) is 8.68. The van der Waals surface area contributed by atoms with Crippen LogP contribution in [0.2, 0.25) is 0 Å². The number of ether oxygens (including phenoxy) is 1. The molecule has 0 aliphatic rings. The normalized spacial score (nSPS) is 11.9. The fourth-order valence-electron chi connectivity index (χ4n) is 4.36. The number of carbonyl (C=O) groups is 3. The average Bonchev–Trinajstić information content (AvgIpc) is 3.43. The summed E-state index contributed by atoms with van der Waals surface area (Å²) in [5.41, 5.74) is 3.72. The molecule has 8 nitrogen and oxygen atoms in total. The van der Waals surface area contributed by atoms with Crippen LogP contribution < -0.4 is 20.7 Å². The zero-order valence-corrected chi connectivity index (χ0v) is 26.6. The second kappa shape index (κ2) is 14.7. The summed E-state index contributed by atoms with van der Waals surface area (Å²) in [5.74, 6) is -0.241. The van der Waals surface area contributed by atoms with Gasteiger partial charge in [-0.15, -0.1) is 11.8 Å². The Morgan fingerprint density at radius 1 is 0.933 bits per heavy atom. The Morgan fingerprint density at radius 2 is 1.71 bits per heavy atom. The fourth-order valence-corrected chi connectivity index (χ4v) is 6.13. The number of thiazole rings is 1. The molecule has 5 aromatic rings. The molecule has 0 aliphatic carbocycles. The predicted molar refractivity (Wildman–Crippen MR) is 183 cm³/mol. The number of amides is 3. The molecule has 4 aromatic carbocycles. The third kappa shape index (κ3) is 8.59. The van der Waals surface area contributed by atoms with E-state index in [1.54, 1.807) is 42.5 Å². The van der Waals surface area contributed by atoms with Gasteiger partial charge in [-0.1, -0.05) is 59.4 Å². The van der Waals surface area contributed by atoms with E-state index in [-0.39, 0.29) is 17.5 Å². The summed E-state index contributed by atoms with van der Waals surface area (Å²) >= 11 is 2.79. The van der Waals surface area contributed by atoms with Crippen LogP contribution >= 0.6 is 23.1 Å². The summed E-state index contributed by atoms with van der Waals surface area (Å²) in [6, 6.07) is 29.2. The first-order valence-corrected chi connectivity index (χ1v) is 16.0. The highest BCUT2D eigenvalue weighted by molar-refractivity contribution is 8.00. The van der Waals surface area contributed by atoms with Gasteiger partial charge in [-0.25, -0.2) is 4.98 Å². The molecule has 0 saturated heterocycles. The molecule has 0 fully saturated rings. The minimum absolute atomic E-state index is 0.113. The van der Waals surface area contributed by atoms with Crippen LogP contribution in [-0.2, 0) is 9.59 Å². The van der Waals surface area contributed by atoms with Gasteiger partial charge < -0.3 is 20.7 Å². The first-order chi connectivity index (χ1) is 21.8. The molecule has 1 heterocycles. The molecule has 0 spiro atoms. The lowest BCUT2D eigenvalue weighted by atomic mass is 10.1. The van der Waals surface area contributed by atoms with Gasteiger partial charge in [0, 0.05) is 16.1 Å². The molecule has 0 aliphatic heterocycles. The summed E-state index contributed by atoms with van der Waals surface area (Å²) < 4.78 is 6.49. The fraction of sp³-hybridized carbons (Fsp3) is 0.143. The van der Waals surface area contributed by atoms with Gasteiger partial charge in [0.2, 0.25) is 5.91 Å². The predicted octanol–water partition coefficient (Wildman–Crippen LogP) is 7.53. The third-order valence-corrected chi connectivity index (χ3v) is 8.62. The molecule has 1 unspecified atom stereocenters. The highest BCUT2D eigenvalue weighted by atomic mass is 32.2. The van der Waals surface area contributed by atoms with Gasteiger partial charge in [0.05, 0.1) is 22.1 Å². The zero-order chi connectivity index (χ0) is 31.8. The lowest BCUT2D eigenvalue weighted by molar-refractivity contribution is -0.115. The Labute approximate surface area is 269 Å². The van der Waals surface area contributed by atoms with E-state index in [4.69, 9.17) is 4.74 Å². The Morgan fingerprint density at radius 3 is 2.44 bits per heavy atom. The molecule has 0 radical (unpaired) electrons. The largest absolute Gasteiger partial charge is 0.494 e. The van der Waals surface area contributed by atoms with Crippen molar-refractivity contribution < 1.29 is 19.1 Å². The number of carbonyl (C=O) groups excluding carboxylic acids is 3. The Bertz CT molecular complexity index is 1850. The number of hydrogen-bond acceptors (Lipinski definition) is 7. The maximum absolute atomic E-state index is 13.3. The SMILES string of the molecule is CCOc1ccc2nc(NC(=O)C(C)Sc3ccc(NC(=O)/C(=C/c4cccc(C)c4)NC(=O)c4ccccc4)cc3)sc2c1. The van der Waals surface area contributed by atoms with Crippen LogP contribution in [0.1, 0.15) is 35.3 Å². The van der Waals surface area contributed by atoms with Gasteiger partial charge in [0.15, 0.2) is 5.13 Å². The van der Waals surface area contributed by atoms with E-state index in [0.717, 1.165) is 32.0 Å². The van der Waals surface area contributed by atoms with E-state index in [1.165, 1.54) is 23.1 Å². The van der Waals surface area contributed by atoms with E-state index >= 15 is 0 Å². The number of rotatable bonds is 11. The third-order valence-electron chi connectivity index (χ3n) is 6.58. The summed E-state index contributed by atoms with van der Waals surface area (Å²) in [7, 11) is 0. The molecule has 1 aromatic heterocycles. The lowest BCUT2D eigenvalue weighted by Crippen LogP contribution is -2.30. The molecule has 1 atom stereocenters. The zero-order valence-electron chi connectivity index (χ0n) is 25.0. The van der Waals surface area contributed by atoms with Crippen molar-refractivity contribution in [2.24, 2.45) is 0 Å². The van der Waals surface area contributed by atoms with Crippen LogP contribution in [0.3, 0.4) is 0 Å². The molecule has 228 valence electrons. The first kappa shape index (κ1) is 31.5. The summed E-state index contributed by atoms with van der Waals surface area (Å²) in [6.45, 7) is 6.30. The number of anilines is 2. The lowest BCUT2D eigenvalue weighted by Gasteiger charge is -2.13. The number of aryl methyl sites for hydroxylation is 1. The van der Waals surface area contributed by atoms with Crippen molar-refractivity contribution in [2.45, 2.75) is 30.9 Å². The van der Waals surface area contributed by atoms with Crippen LogP contribution in [0.25, 0.3) is 16.3 Å². The van der Waals surface area contributed by atoms with Crippen molar-refractivity contribution in [1.82, 2.24) is 10.3 Å². The highest BCUT2D eigenvalue weighted by Crippen LogP contribution is 2.31. The van der Waals surface area contributed by atoms with Crippen LogP contribution in [-0.4, -0.2) is 34.6 Å². The molecule has 45 heavy (non-hydrogen) atoms. The molecular weight excluding hydrogens is 605 g/mol. The van der Waals surface area contributed by atoms with Crippen molar-refractivity contribution in [3.8, 4) is 5.75 Å². The Kier molecular flexibility index (Phi) is 10.3. The molecule has 0 bridgehead atoms. The monoisotopic (exact) mass is 636 g/mol. The number of aromatic nitrogens is 1. The Balaban J connectivity index is 1.22. The van der Waals surface area contributed by atoms with Crippen molar-refractivity contribution in [2.75, 3.05) is 17.2 Å². The van der Waals surface area contributed by atoms with Crippen LogP contribution in [0.4, 0.5) is 10.8 Å². The van der Waals surface area contributed by atoms with E-state index in [2.05, 4.69) is 20.9 Å². The Hall–Kier alpha value is -4.93. The number of nitrogens with zero attached hydrogens (tertiary/aromatic N) is 1. The number of benzene rings is 4. The van der Waals surface area contributed by atoms with E-state index in [1.807, 2.05) is 81.4 Å². The van der Waals surface area contributed by atoms with Gasteiger partial charge in [0.1, 0.15) is 11.4 Å². The second-order valence-electron chi connectivity index (χ2n) is 10.1. The molecular formula is C35H32N4O4S2. The quantitative estimate of drug-likeness (QED) is 0.102. The molecule has 10 heteroatoms. The summed E-state index contributed by atoms with van der Waals surface area (Å²) in [6.07, 6.45) is 1.65. The van der Waals surface area contributed by atoms with Crippen LogP contribution in [0.15, 0.2) is 108 Å². The molecule has 0 saturated carbocycles. The number of thioether (sulfide) groups is 1. The van der Waals surface area contributed by atoms with E-state index < -0.39 is 11.2 Å². The number of nitrogens with one attached hydrogen (secondary N) is 3. The maximum Gasteiger partial charge on any atom is 0.272 e. The van der Waals surface area contributed by atoms with Gasteiger partial charge in [-0.05, 0) is 87.0 Å². The van der Waals surface area contributed by atoms with Gasteiger partial charge >= 0.3 is 0 Å². The maximum atomic E-state index is 13.3. The molecule has 5 rings (SSSR count). The highest BCUT2D eigenvalue weighted by Gasteiger charge is 2.18. The minimum atomic E-state index is -0.460. The van der Waals surface area contributed by atoms with Crippen molar-refractivity contribution in [1.29, 1.82) is 0 Å². The van der Waals surface area contributed by atoms with E-state index in [9.17, 15) is 14.4 Å². The van der Waals surface area contributed by atoms with Crippen molar-refractivity contribution in [3.63, 3.8) is 0 Å². The van der Waals surface area contributed by atoms with Crippen LogP contribution in [0, 0.1) is 6.92 Å². The van der Waals surface area contributed by atoms with Gasteiger partial charge in [-0.2, -0.15) is 0 Å². The molecule has 3 N–H and O–H groups in total. The van der Waals surface area contributed by atoms with Gasteiger partial charge in [0.25, 0.3) is 11.8 Å². The summed E-state index contributed by atoms with van der Waals surface area (Å²) in [4.78, 5) is 44.5. The van der Waals surface area contributed by atoms with Crippen molar-refractivity contribution in [3.05, 3.63) is 119 Å². The van der Waals surface area contributed by atoms with Crippen LogP contribution in [0.5, 0.6) is 5.75 Å². The molecule has 3 amide bonds. The number of fused-ring (bicyclic) bond motifs is 1. The second-order valence-corrected chi connectivity index (χ2v) is 12.5. The number of hydrogen-bond donors (Lipinski definition) is 3. The standard InChI is InChI=1S/C35H32N4O4S2/c1-4-43-27-15-18-29-31(21-27)45-35(38-29)39-32(40)23(3)44-28-16-13-26(14-17-28)36-34(42)30(20-24-10-8-9-22(2)19-24)37-33(41)25-11-6-5-7-12-25/h5-21,23H,4H2,1-3H3,(H,36,42)(H,37,41)(H,38,39,40)/b30-20-. The van der Waals surface area contributed by atoms with Gasteiger partial charge in [-0.3, -0.25) is 14.4 Å². The average molecular weight is 637 g/mol. The van der Waals surface area contributed by atoms with Crippen molar-refractivity contribution >= 4 is 67.9 Å². The van der Waals surface area contributed by atoms with E-state index in [0.29, 0.717) is 23.0 Å². The first-order valence-electron chi connectivity index (χ1n) is 14.3. The minimum Gasteiger partial charge on any atom is -0.494 e. The topological polar surface area (TPSA) is 109 Å².